The standard InChI is InChI=1S/C16H22F2N2/c1-15(2,3)10-16(4,5)20-9-12-13(17)6-11(8-19)7-14(12)18/h6-7,20H,9-10H2,1-5H3. The molecule has 0 spiro atoms. The maximum atomic E-state index is 13.8. The van der Waals surface area contributed by atoms with Crippen LogP contribution in [0.4, 0.5) is 8.78 Å². The van der Waals surface area contributed by atoms with Crippen LogP contribution < -0.4 is 5.32 Å². The topological polar surface area (TPSA) is 35.8 Å². The van der Waals surface area contributed by atoms with Gasteiger partial charge in [0, 0.05) is 17.6 Å². The van der Waals surface area contributed by atoms with Crippen molar-refractivity contribution in [3.8, 4) is 6.07 Å². The third-order valence-corrected chi connectivity index (χ3v) is 2.99. The number of nitrogens with one attached hydrogen (secondary N) is 1. The highest BCUT2D eigenvalue weighted by Crippen LogP contribution is 2.27. The Morgan fingerprint density at radius 3 is 2.00 bits per heavy atom. The number of hydrogen-bond acceptors (Lipinski definition) is 2. The lowest BCUT2D eigenvalue weighted by molar-refractivity contribution is 0.239. The Labute approximate surface area is 119 Å². The molecule has 0 heterocycles. The molecule has 0 aliphatic heterocycles. The summed E-state index contributed by atoms with van der Waals surface area (Å²) in [6.07, 6.45) is 0.875. The van der Waals surface area contributed by atoms with E-state index in [2.05, 4.69) is 26.1 Å². The van der Waals surface area contributed by atoms with Gasteiger partial charge in [0.05, 0.1) is 11.6 Å². The zero-order valence-electron chi connectivity index (χ0n) is 12.8. The zero-order valence-corrected chi connectivity index (χ0v) is 12.8. The number of hydrogen-bond donors (Lipinski definition) is 1. The summed E-state index contributed by atoms with van der Waals surface area (Å²) in [5.41, 5.74) is -0.132. The van der Waals surface area contributed by atoms with Crippen LogP contribution in [0, 0.1) is 28.4 Å². The predicted molar refractivity (Wildman–Crippen MR) is 76.1 cm³/mol. The quantitative estimate of drug-likeness (QED) is 0.899. The second-order valence-corrected chi connectivity index (χ2v) is 7.01. The Hall–Kier alpha value is -1.47. The van der Waals surface area contributed by atoms with E-state index in [-0.39, 0.29) is 28.6 Å². The van der Waals surface area contributed by atoms with E-state index in [9.17, 15) is 8.78 Å². The van der Waals surface area contributed by atoms with Crippen LogP contribution in [-0.2, 0) is 6.54 Å². The average molecular weight is 280 g/mol. The van der Waals surface area contributed by atoms with Gasteiger partial charge in [-0.3, -0.25) is 0 Å². The van der Waals surface area contributed by atoms with Crippen LogP contribution in [0.3, 0.4) is 0 Å². The van der Waals surface area contributed by atoms with Crippen molar-refractivity contribution < 1.29 is 8.78 Å². The Morgan fingerprint density at radius 1 is 1.10 bits per heavy atom. The van der Waals surface area contributed by atoms with Crippen LogP contribution in [0.15, 0.2) is 12.1 Å². The van der Waals surface area contributed by atoms with E-state index in [4.69, 9.17) is 5.26 Å². The summed E-state index contributed by atoms with van der Waals surface area (Å²) in [6, 6.07) is 3.87. The Kier molecular flexibility index (Phi) is 4.88. The van der Waals surface area contributed by atoms with Crippen molar-refractivity contribution in [1.82, 2.24) is 5.32 Å². The summed E-state index contributed by atoms with van der Waals surface area (Å²) in [5.74, 6) is -1.36. The first-order valence-electron chi connectivity index (χ1n) is 6.67. The number of benzene rings is 1. The second-order valence-electron chi connectivity index (χ2n) is 7.01. The van der Waals surface area contributed by atoms with E-state index in [1.807, 2.05) is 13.8 Å². The van der Waals surface area contributed by atoms with Gasteiger partial charge < -0.3 is 5.32 Å². The fourth-order valence-electron chi connectivity index (χ4n) is 2.55. The van der Waals surface area contributed by atoms with Crippen LogP contribution >= 0.6 is 0 Å². The molecule has 0 radical (unpaired) electrons. The van der Waals surface area contributed by atoms with E-state index in [1.165, 1.54) is 0 Å². The molecule has 0 atom stereocenters. The first-order valence-corrected chi connectivity index (χ1v) is 6.67. The van der Waals surface area contributed by atoms with Crippen molar-refractivity contribution in [3.63, 3.8) is 0 Å². The summed E-state index contributed by atoms with van der Waals surface area (Å²) < 4.78 is 27.6. The number of halogens is 2. The molecule has 0 bridgehead atoms. The smallest absolute Gasteiger partial charge is 0.131 e. The van der Waals surface area contributed by atoms with E-state index in [0.29, 0.717) is 0 Å². The van der Waals surface area contributed by atoms with Crippen molar-refractivity contribution in [2.24, 2.45) is 5.41 Å². The van der Waals surface area contributed by atoms with Gasteiger partial charge in [-0.1, -0.05) is 20.8 Å². The molecule has 1 aromatic rings. The molecule has 0 unspecified atom stereocenters. The predicted octanol–water partition coefficient (Wildman–Crippen LogP) is 4.14. The Balaban J connectivity index is 2.83. The van der Waals surface area contributed by atoms with Gasteiger partial charge in [0.2, 0.25) is 0 Å². The van der Waals surface area contributed by atoms with Gasteiger partial charge in [0.15, 0.2) is 0 Å². The molecule has 0 saturated heterocycles. The van der Waals surface area contributed by atoms with Crippen LogP contribution in [0.25, 0.3) is 0 Å². The van der Waals surface area contributed by atoms with Gasteiger partial charge in [-0.05, 0) is 37.8 Å². The fraction of sp³-hybridized carbons (Fsp3) is 0.562. The van der Waals surface area contributed by atoms with Crippen LogP contribution in [-0.4, -0.2) is 5.54 Å². The van der Waals surface area contributed by atoms with Crippen molar-refractivity contribution in [2.45, 2.75) is 53.1 Å². The molecule has 0 aliphatic carbocycles. The number of rotatable bonds is 4. The second kappa shape index (κ2) is 5.88. The van der Waals surface area contributed by atoms with Crippen molar-refractivity contribution >= 4 is 0 Å². The summed E-state index contributed by atoms with van der Waals surface area (Å²) in [4.78, 5) is 0. The lowest BCUT2D eigenvalue weighted by Crippen LogP contribution is -2.42. The Morgan fingerprint density at radius 2 is 1.60 bits per heavy atom. The van der Waals surface area contributed by atoms with Gasteiger partial charge in [0.1, 0.15) is 11.6 Å². The first kappa shape index (κ1) is 16.6. The summed E-state index contributed by atoms with van der Waals surface area (Å²) in [6.45, 7) is 10.5. The largest absolute Gasteiger partial charge is 0.308 e. The molecule has 2 nitrogen and oxygen atoms in total. The average Bonchev–Trinajstić information content (AvgIpc) is 2.23. The summed E-state index contributed by atoms with van der Waals surface area (Å²) in [5, 5.41) is 11.9. The summed E-state index contributed by atoms with van der Waals surface area (Å²) in [7, 11) is 0. The minimum atomic E-state index is -0.680. The van der Waals surface area contributed by atoms with E-state index >= 15 is 0 Å². The molecule has 0 aromatic heterocycles. The Bertz CT molecular complexity index is 499. The molecule has 1 N–H and O–H groups in total. The molecule has 0 saturated carbocycles. The van der Waals surface area contributed by atoms with E-state index in [0.717, 1.165) is 18.6 Å². The molecule has 0 aliphatic rings. The molecule has 4 heteroatoms. The molecule has 0 amide bonds. The lowest BCUT2D eigenvalue weighted by Gasteiger charge is -2.33. The van der Waals surface area contributed by atoms with Gasteiger partial charge in [-0.25, -0.2) is 8.78 Å². The van der Waals surface area contributed by atoms with Crippen LogP contribution in [0.5, 0.6) is 0 Å². The first-order chi connectivity index (χ1) is 9.04. The number of nitrogens with zero attached hydrogens (tertiary/aromatic N) is 1. The molecular weight excluding hydrogens is 258 g/mol. The molecule has 110 valence electrons. The molecule has 20 heavy (non-hydrogen) atoms. The monoisotopic (exact) mass is 280 g/mol. The number of nitriles is 1. The molecular formula is C16H22F2N2. The highest BCUT2D eigenvalue weighted by molar-refractivity contribution is 5.34. The molecule has 1 rings (SSSR count). The van der Waals surface area contributed by atoms with Crippen LogP contribution in [0.1, 0.15) is 52.2 Å². The maximum Gasteiger partial charge on any atom is 0.131 e. The SMILES string of the molecule is CC(C)(C)CC(C)(C)NCc1c(F)cc(C#N)cc1F. The van der Waals surface area contributed by atoms with Crippen molar-refractivity contribution in [1.29, 1.82) is 5.26 Å². The zero-order chi connectivity index (χ0) is 15.6. The normalized spacial score (nSPS) is 12.3. The maximum absolute atomic E-state index is 13.8. The fourth-order valence-corrected chi connectivity index (χ4v) is 2.55. The molecule has 0 fully saturated rings. The highest BCUT2D eigenvalue weighted by atomic mass is 19.1. The minimum absolute atomic E-state index is 0.00213. The molecule has 1 aromatic carbocycles. The van der Waals surface area contributed by atoms with E-state index in [1.54, 1.807) is 6.07 Å². The third kappa shape index (κ3) is 4.90. The summed E-state index contributed by atoms with van der Waals surface area (Å²) >= 11 is 0. The highest BCUT2D eigenvalue weighted by Gasteiger charge is 2.25. The van der Waals surface area contributed by atoms with Crippen LogP contribution in [0.2, 0.25) is 0 Å². The van der Waals surface area contributed by atoms with Gasteiger partial charge >= 0.3 is 0 Å². The van der Waals surface area contributed by atoms with Gasteiger partial charge in [-0.2, -0.15) is 5.26 Å². The van der Waals surface area contributed by atoms with Crippen molar-refractivity contribution in [3.05, 3.63) is 34.9 Å². The van der Waals surface area contributed by atoms with Gasteiger partial charge in [-0.15, -0.1) is 0 Å². The lowest BCUT2D eigenvalue weighted by atomic mass is 9.81. The van der Waals surface area contributed by atoms with Crippen molar-refractivity contribution in [2.75, 3.05) is 0 Å². The third-order valence-electron chi connectivity index (χ3n) is 2.99. The van der Waals surface area contributed by atoms with E-state index < -0.39 is 11.6 Å². The minimum Gasteiger partial charge on any atom is -0.308 e. The van der Waals surface area contributed by atoms with Gasteiger partial charge in [0.25, 0.3) is 0 Å².